The average molecular weight is 302 g/mol. The monoisotopic (exact) mass is 302 g/mol. The smallest absolute Gasteiger partial charge is 0.0252 e. The molecule has 1 aliphatic rings. The van der Waals surface area contributed by atoms with Crippen LogP contribution in [0.2, 0.25) is 0 Å². The lowest BCUT2D eigenvalue weighted by Gasteiger charge is -2.44. The first-order valence-corrected chi connectivity index (χ1v) is 8.40. The number of benzene rings is 2. The van der Waals surface area contributed by atoms with E-state index in [0.29, 0.717) is 0 Å². The standard InChI is InChI=1S/C23H26/c1-21(2)19-15-14-18(13-12-17-10-8-7-9-11-17)16-20(19)22(3,4)23(21,5)6/h7-11,14-16H,1-6H3. The zero-order valence-electron chi connectivity index (χ0n) is 15.1. The minimum Gasteiger partial charge on any atom is -0.0622 e. The second-order valence-corrected chi connectivity index (χ2v) is 8.25. The maximum Gasteiger partial charge on any atom is 0.0252 e. The summed E-state index contributed by atoms with van der Waals surface area (Å²) in [6.45, 7) is 14.3. The fraction of sp³-hybridized carbons (Fsp3) is 0.391. The molecule has 0 nitrogen and oxygen atoms in total. The summed E-state index contributed by atoms with van der Waals surface area (Å²) in [4.78, 5) is 0. The molecule has 0 aliphatic heterocycles. The highest BCUT2D eigenvalue weighted by Crippen LogP contribution is 2.61. The quantitative estimate of drug-likeness (QED) is 0.549. The van der Waals surface area contributed by atoms with Crippen LogP contribution in [0.1, 0.15) is 63.8 Å². The Morgan fingerprint density at radius 3 is 1.83 bits per heavy atom. The number of hydrogen-bond donors (Lipinski definition) is 0. The van der Waals surface area contributed by atoms with Gasteiger partial charge in [-0.1, -0.05) is 77.6 Å². The summed E-state index contributed by atoms with van der Waals surface area (Å²) in [5.41, 5.74) is 5.59. The van der Waals surface area contributed by atoms with Crippen LogP contribution < -0.4 is 0 Å². The third-order valence-corrected chi connectivity index (χ3v) is 6.62. The highest BCUT2D eigenvalue weighted by Gasteiger charge is 2.56. The first-order chi connectivity index (χ1) is 10.7. The second kappa shape index (κ2) is 5.00. The van der Waals surface area contributed by atoms with Crippen LogP contribution in [0, 0.1) is 17.3 Å². The van der Waals surface area contributed by atoms with Gasteiger partial charge in [0.2, 0.25) is 0 Å². The van der Waals surface area contributed by atoms with E-state index in [-0.39, 0.29) is 16.2 Å². The maximum atomic E-state index is 3.33. The topological polar surface area (TPSA) is 0 Å². The molecular weight excluding hydrogens is 276 g/mol. The molecule has 23 heavy (non-hydrogen) atoms. The van der Waals surface area contributed by atoms with Crippen molar-refractivity contribution in [3.8, 4) is 11.8 Å². The molecule has 0 atom stereocenters. The molecule has 0 saturated carbocycles. The Bertz CT molecular complexity index is 793. The van der Waals surface area contributed by atoms with Crippen molar-refractivity contribution in [3.63, 3.8) is 0 Å². The molecule has 0 aromatic heterocycles. The molecule has 1 aliphatic carbocycles. The molecule has 0 N–H and O–H groups in total. The summed E-state index contributed by atoms with van der Waals surface area (Å²) in [6.07, 6.45) is 0. The summed E-state index contributed by atoms with van der Waals surface area (Å²) in [6, 6.07) is 17.0. The zero-order valence-corrected chi connectivity index (χ0v) is 15.1. The molecule has 0 fully saturated rings. The zero-order chi connectivity index (χ0) is 16.9. The van der Waals surface area contributed by atoms with Crippen LogP contribution >= 0.6 is 0 Å². The number of fused-ring (bicyclic) bond motifs is 1. The van der Waals surface area contributed by atoms with E-state index in [1.165, 1.54) is 11.1 Å². The lowest BCUT2D eigenvalue weighted by atomic mass is 9.59. The van der Waals surface area contributed by atoms with E-state index in [0.717, 1.165) is 11.1 Å². The molecule has 0 heteroatoms. The Kier molecular flexibility index (Phi) is 3.45. The Balaban J connectivity index is 2.07. The summed E-state index contributed by atoms with van der Waals surface area (Å²) in [5, 5.41) is 0. The van der Waals surface area contributed by atoms with Crippen molar-refractivity contribution in [2.24, 2.45) is 5.41 Å². The van der Waals surface area contributed by atoms with Gasteiger partial charge in [-0.2, -0.15) is 0 Å². The van der Waals surface area contributed by atoms with E-state index in [1.807, 2.05) is 18.2 Å². The Labute approximate surface area is 140 Å². The highest BCUT2D eigenvalue weighted by molar-refractivity contribution is 5.54. The van der Waals surface area contributed by atoms with Gasteiger partial charge >= 0.3 is 0 Å². The fourth-order valence-electron chi connectivity index (χ4n) is 3.80. The van der Waals surface area contributed by atoms with Gasteiger partial charge in [-0.05, 0) is 51.6 Å². The molecule has 0 heterocycles. The van der Waals surface area contributed by atoms with E-state index in [1.54, 1.807) is 0 Å². The number of hydrogen-bond acceptors (Lipinski definition) is 0. The largest absolute Gasteiger partial charge is 0.0622 e. The molecule has 3 rings (SSSR count). The van der Waals surface area contributed by atoms with Crippen molar-refractivity contribution >= 4 is 0 Å². The van der Waals surface area contributed by atoms with Gasteiger partial charge < -0.3 is 0 Å². The van der Waals surface area contributed by atoms with Gasteiger partial charge in [-0.25, -0.2) is 0 Å². The third-order valence-electron chi connectivity index (χ3n) is 6.62. The van der Waals surface area contributed by atoms with Crippen molar-refractivity contribution in [2.75, 3.05) is 0 Å². The SMILES string of the molecule is CC1(C)c2ccc(C#Cc3ccccc3)cc2C(C)(C)C1(C)C. The van der Waals surface area contributed by atoms with E-state index in [9.17, 15) is 0 Å². The number of rotatable bonds is 0. The van der Waals surface area contributed by atoms with Crippen LogP contribution in [0.15, 0.2) is 48.5 Å². The summed E-state index contributed by atoms with van der Waals surface area (Å²) < 4.78 is 0. The second-order valence-electron chi connectivity index (χ2n) is 8.25. The molecule has 2 aromatic carbocycles. The molecule has 0 amide bonds. The van der Waals surface area contributed by atoms with Crippen LogP contribution in [0.4, 0.5) is 0 Å². The third kappa shape index (κ3) is 2.22. The predicted octanol–water partition coefficient (Wildman–Crippen LogP) is 5.68. The van der Waals surface area contributed by atoms with Gasteiger partial charge in [0, 0.05) is 11.1 Å². The molecular formula is C23H26. The van der Waals surface area contributed by atoms with Gasteiger partial charge in [0.25, 0.3) is 0 Å². The first-order valence-electron chi connectivity index (χ1n) is 8.40. The van der Waals surface area contributed by atoms with Crippen molar-refractivity contribution in [1.82, 2.24) is 0 Å². The van der Waals surface area contributed by atoms with Crippen molar-refractivity contribution < 1.29 is 0 Å². The Morgan fingerprint density at radius 2 is 1.17 bits per heavy atom. The van der Waals surface area contributed by atoms with Crippen molar-refractivity contribution in [1.29, 1.82) is 0 Å². The molecule has 0 bridgehead atoms. The molecule has 118 valence electrons. The summed E-state index contributed by atoms with van der Waals surface area (Å²) in [5.74, 6) is 6.60. The van der Waals surface area contributed by atoms with Crippen LogP contribution in [0.25, 0.3) is 0 Å². The lowest BCUT2D eigenvalue weighted by Crippen LogP contribution is -2.42. The van der Waals surface area contributed by atoms with Crippen molar-refractivity contribution in [2.45, 2.75) is 52.4 Å². The Hall–Kier alpha value is -2.00. The van der Waals surface area contributed by atoms with Gasteiger partial charge in [-0.15, -0.1) is 0 Å². The van der Waals surface area contributed by atoms with Crippen LogP contribution in [-0.4, -0.2) is 0 Å². The molecule has 0 saturated heterocycles. The average Bonchev–Trinajstić information content (AvgIpc) is 2.62. The van der Waals surface area contributed by atoms with E-state index in [4.69, 9.17) is 0 Å². The molecule has 0 radical (unpaired) electrons. The summed E-state index contributed by atoms with van der Waals surface area (Å²) >= 11 is 0. The predicted molar refractivity (Wildman–Crippen MR) is 98.7 cm³/mol. The summed E-state index contributed by atoms with van der Waals surface area (Å²) in [7, 11) is 0. The van der Waals surface area contributed by atoms with E-state index >= 15 is 0 Å². The first kappa shape index (κ1) is 15.9. The van der Waals surface area contributed by atoms with Gasteiger partial charge in [0.05, 0.1) is 0 Å². The molecule has 2 aromatic rings. The minimum atomic E-state index is 0.135. The molecule has 0 spiro atoms. The Morgan fingerprint density at radius 1 is 0.609 bits per heavy atom. The minimum absolute atomic E-state index is 0.135. The van der Waals surface area contributed by atoms with Crippen LogP contribution in [0.5, 0.6) is 0 Å². The van der Waals surface area contributed by atoms with Gasteiger partial charge in [-0.3, -0.25) is 0 Å². The van der Waals surface area contributed by atoms with E-state index < -0.39 is 0 Å². The van der Waals surface area contributed by atoms with Crippen LogP contribution in [0.3, 0.4) is 0 Å². The van der Waals surface area contributed by atoms with Gasteiger partial charge in [0.15, 0.2) is 0 Å². The normalized spacial score (nSPS) is 19.6. The lowest BCUT2D eigenvalue weighted by molar-refractivity contribution is 0.125. The van der Waals surface area contributed by atoms with E-state index in [2.05, 4.69) is 83.7 Å². The fourth-order valence-corrected chi connectivity index (χ4v) is 3.80. The molecule has 0 unspecified atom stereocenters. The highest BCUT2D eigenvalue weighted by atomic mass is 14.6. The van der Waals surface area contributed by atoms with Crippen molar-refractivity contribution in [3.05, 3.63) is 70.8 Å². The maximum absolute atomic E-state index is 3.33. The van der Waals surface area contributed by atoms with Crippen LogP contribution in [-0.2, 0) is 10.8 Å². The van der Waals surface area contributed by atoms with Gasteiger partial charge in [0.1, 0.15) is 0 Å².